The molecule has 0 aromatic rings. The number of phosphoric acid groups is 1. The van der Waals surface area contributed by atoms with E-state index >= 15 is 0 Å². The average Bonchev–Trinajstić information content (AvgIpc) is 3.12. The minimum Gasteiger partial charge on any atom is -0.462 e. The molecule has 11 nitrogen and oxygen atoms in total. The number of aliphatic hydroxyl groups excluding tert-OH is 3. The van der Waals surface area contributed by atoms with Gasteiger partial charge >= 0.3 is 19.8 Å². The number of ether oxygens (including phenoxy) is 2. The molecule has 0 saturated carbocycles. The summed E-state index contributed by atoms with van der Waals surface area (Å²) in [5, 5.41) is 28.6. The van der Waals surface area contributed by atoms with Crippen LogP contribution in [0.4, 0.5) is 0 Å². The first-order valence-corrected chi connectivity index (χ1v) is 21.9. The van der Waals surface area contributed by atoms with Gasteiger partial charge in [-0.1, -0.05) is 147 Å². The third kappa shape index (κ3) is 36.9. The molecule has 4 atom stereocenters. The lowest BCUT2D eigenvalue weighted by Crippen LogP contribution is -2.30. The molecule has 4 N–H and O–H groups in total. The minimum absolute atomic E-state index is 0.0392. The maximum absolute atomic E-state index is 12.6. The second kappa shape index (κ2) is 35.8. The highest BCUT2D eigenvalue weighted by molar-refractivity contribution is 7.47. The van der Waals surface area contributed by atoms with Crippen molar-refractivity contribution in [2.45, 2.75) is 180 Å². The van der Waals surface area contributed by atoms with E-state index in [2.05, 4.69) is 37.4 Å². The van der Waals surface area contributed by atoms with E-state index in [0.717, 1.165) is 38.0 Å². The number of allylic oxidation sites excluding steroid dienone is 5. The molecule has 12 heteroatoms. The molecule has 0 aliphatic carbocycles. The Morgan fingerprint density at radius 1 is 0.679 bits per heavy atom. The second-order valence-electron chi connectivity index (χ2n) is 14.3. The molecule has 0 aromatic heterocycles. The van der Waals surface area contributed by atoms with Gasteiger partial charge in [0, 0.05) is 12.8 Å². The van der Waals surface area contributed by atoms with Crippen molar-refractivity contribution in [2.75, 3.05) is 26.4 Å². The van der Waals surface area contributed by atoms with Crippen LogP contribution in [0.3, 0.4) is 0 Å². The number of aliphatic hydroxyl groups is 3. The highest BCUT2D eigenvalue weighted by atomic mass is 31.2. The highest BCUT2D eigenvalue weighted by Crippen LogP contribution is 2.43. The van der Waals surface area contributed by atoms with E-state index in [4.69, 9.17) is 19.1 Å². The van der Waals surface area contributed by atoms with Crippen LogP contribution in [0.25, 0.3) is 0 Å². The van der Waals surface area contributed by atoms with Crippen LogP contribution >= 0.6 is 7.82 Å². The molecule has 0 aromatic carbocycles. The van der Waals surface area contributed by atoms with E-state index in [-0.39, 0.29) is 19.4 Å². The van der Waals surface area contributed by atoms with Gasteiger partial charge < -0.3 is 29.7 Å². The largest absolute Gasteiger partial charge is 0.472 e. The zero-order valence-corrected chi connectivity index (χ0v) is 34.1. The first-order chi connectivity index (χ1) is 25.5. The first-order valence-electron chi connectivity index (χ1n) is 20.4. The Bertz CT molecular complexity index is 1010. The predicted molar refractivity (Wildman–Crippen MR) is 211 cm³/mol. The summed E-state index contributed by atoms with van der Waals surface area (Å²) in [4.78, 5) is 34.9. The summed E-state index contributed by atoms with van der Waals surface area (Å²) in [6, 6.07) is 0. The summed E-state index contributed by atoms with van der Waals surface area (Å²) in [6.45, 7) is 4.43. The van der Waals surface area contributed by atoms with Crippen molar-refractivity contribution >= 4 is 19.8 Å². The average molecular weight is 775 g/mol. The molecule has 0 amide bonds. The number of hydrogen-bond acceptors (Lipinski definition) is 10. The summed E-state index contributed by atoms with van der Waals surface area (Å²) in [5.74, 6) is -0.357. The van der Waals surface area contributed by atoms with Crippen LogP contribution in [0.2, 0.25) is 0 Å². The summed E-state index contributed by atoms with van der Waals surface area (Å²) < 4.78 is 32.5. The monoisotopic (exact) mass is 775 g/mol. The zero-order chi connectivity index (χ0) is 39.4. The lowest BCUT2D eigenvalue weighted by Gasteiger charge is -2.20. The molecular formula is C41H75O11P. The van der Waals surface area contributed by atoms with Crippen LogP contribution < -0.4 is 0 Å². The van der Waals surface area contributed by atoms with E-state index in [1.54, 1.807) is 12.2 Å². The van der Waals surface area contributed by atoms with Crippen molar-refractivity contribution in [1.82, 2.24) is 0 Å². The van der Waals surface area contributed by atoms with Gasteiger partial charge in [0.25, 0.3) is 0 Å². The molecule has 0 heterocycles. The van der Waals surface area contributed by atoms with Crippen LogP contribution in [-0.4, -0.2) is 76.9 Å². The summed E-state index contributed by atoms with van der Waals surface area (Å²) in [6.07, 6.45) is 30.2. The number of hydrogen-bond donors (Lipinski definition) is 4. The highest BCUT2D eigenvalue weighted by Gasteiger charge is 2.27. The minimum atomic E-state index is -4.66. The van der Waals surface area contributed by atoms with Gasteiger partial charge in [-0.15, -0.1) is 0 Å². The van der Waals surface area contributed by atoms with Gasteiger partial charge in [-0.3, -0.25) is 18.6 Å². The van der Waals surface area contributed by atoms with Crippen molar-refractivity contribution in [3.05, 3.63) is 36.5 Å². The van der Waals surface area contributed by atoms with E-state index in [0.29, 0.717) is 19.3 Å². The van der Waals surface area contributed by atoms with Crippen LogP contribution in [-0.2, 0) is 32.7 Å². The number of carbonyl (C=O) groups excluding carboxylic acids is 2. The number of carbonyl (C=O) groups is 2. The molecule has 0 bridgehead atoms. The number of unbranched alkanes of at least 4 members (excludes halogenated alkanes) is 14. The molecule has 0 aliphatic heterocycles. The predicted octanol–water partition coefficient (Wildman–Crippen LogP) is 9.22. The van der Waals surface area contributed by atoms with Crippen molar-refractivity contribution in [1.29, 1.82) is 0 Å². The fourth-order valence-electron chi connectivity index (χ4n) is 5.36. The van der Waals surface area contributed by atoms with Gasteiger partial charge in [0.1, 0.15) is 12.7 Å². The van der Waals surface area contributed by atoms with E-state index in [9.17, 15) is 29.3 Å². The Balaban J connectivity index is 4.54. The molecule has 310 valence electrons. The third-order valence-corrected chi connectivity index (χ3v) is 9.53. The summed E-state index contributed by atoms with van der Waals surface area (Å²) in [5.41, 5.74) is 0. The standard InChI is InChI=1S/C41H75O11P/c1-4-5-6-7-8-9-10-11-12-15-18-21-24-28-37(43)29-26-31-41(46)52-39(35-51-53(47,48)50-33-38(44)32-42)34-49-40(45)30-25-22-19-16-13-14-17-20-23-27-36(2)3/h11-12,18,21,24,28,36-39,42-44H,4-10,13-17,19-20,22-23,25-27,29-35H2,1-3H3,(H,47,48)/b12-11+,21-18+,28-24+/t37?,38-,39+/m0/s1. The van der Waals surface area contributed by atoms with Gasteiger partial charge in [-0.25, -0.2) is 4.57 Å². The fraction of sp³-hybridized carbons (Fsp3) is 0.805. The Kier molecular flexibility index (Phi) is 34.6. The molecule has 2 unspecified atom stereocenters. The number of esters is 2. The van der Waals surface area contributed by atoms with Crippen molar-refractivity contribution in [2.24, 2.45) is 5.92 Å². The van der Waals surface area contributed by atoms with E-state index in [1.807, 2.05) is 12.2 Å². The van der Waals surface area contributed by atoms with Crippen molar-refractivity contribution in [3.8, 4) is 0 Å². The lowest BCUT2D eigenvalue weighted by atomic mass is 10.0. The number of phosphoric ester groups is 1. The first kappa shape index (κ1) is 51.1. The Labute approximate surface area is 321 Å². The Hall–Kier alpha value is -1.85. The van der Waals surface area contributed by atoms with Gasteiger partial charge in [0.05, 0.1) is 25.9 Å². The zero-order valence-electron chi connectivity index (χ0n) is 33.3. The van der Waals surface area contributed by atoms with Crippen LogP contribution in [0, 0.1) is 5.92 Å². The quantitative estimate of drug-likeness (QED) is 0.0156. The molecule has 0 saturated heterocycles. The second-order valence-corrected chi connectivity index (χ2v) is 15.8. The SMILES string of the molecule is CCCCCCCC/C=C/C/C=C/C=C/C(O)CCCC(=O)O[C@H](COC(=O)CCCCCCCCCCCC(C)C)COP(=O)(O)OC[C@@H](O)CO. The van der Waals surface area contributed by atoms with E-state index in [1.165, 1.54) is 77.0 Å². The molecule has 0 spiro atoms. The fourth-order valence-corrected chi connectivity index (χ4v) is 6.15. The molecular weight excluding hydrogens is 699 g/mol. The smallest absolute Gasteiger partial charge is 0.462 e. The number of rotatable bonds is 37. The van der Waals surface area contributed by atoms with Crippen molar-refractivity contribution in [3.63, 3.8) is 0 Å². The molecule has 0 radical (unpaired) electrons. The molecule has 0 rings (SSSR count). The van der Waals surface area contributed by atoms with Gasteiger partial charge in [0.15, 0.2) is 6.10 Å². The maximum Gasteiger partial charge on any atom is 0.472 e. The maximum atomic E-state index is 12.6. The Morgan fingerprint density at radius 3 is 1.94 bits per heavy atom. The summed E-state index contributed by atoms with van der Waals surface area (Å²) in [7, 11) is -4.66. The van der Waals surface area contributed by atoms with Crippen molar-refractivity contribution < 1.29 is 52.9 Å². The van der Waals surface area contributed by atoms with Crippen LogP contribution in [0.1, 0.15) is 162 Å². The summed E-state index contributed by atoms with van der Waals surface area (Å²) >= 11 is 0. The van der Waals surface area contributed by atoms with Crippen LogP contribution in [0.5, 0.6) is 0 Å². The van der Waals surface area contributed by atoms with E-state index < -0.39 is 57.9 Å². The third-order valence-electron chi connectivity index (χ3n) is 8.58. The molecule has 0 aliphatic rings. The van der Waals surface area contributed by atoms with Gasteiger partial charge in [0.2, 0.25) is 0 Å². The Morgan fingerprint density at radius 2 is 1.28 bits per heavy atom. The van der Waals surface area contributed by atoms with Gasteiger partial charge in [-0.05, 0) is 44.4 Å². The topological polar surface area (TPSA) is 169 Å². The molecule has 0 fully saturated rings. The van der Waals surface area contributed by atoms with Crippen LogP contribution in [0.15, 0.2) is 36.5 Å². The lowest BCUT2D eigenvalue weighted by molar-refractivity contribution is -0.161. The van der Waals surface area contributed by atoms with Gasteiger partial charge in [-0.2, -0.15) is 0 Å². The normalized spacial score (nSPS) is 15.0. The molecule has 53 heavy (non-hydrogen) atoms.